The fourth-order valence-electron chi connectivity index (χ4n) is 2.79. The number of hydrogen-bond acceptors (Lipinski definition) is 4. The van der Waals surface area contributed by atoms with E-state index in [2.05, 4.69) is 5.32 Å². The van der Waals surface area contributed by atoms with E-state index in [0.29, 0.717) is 53.4 Å². The zero-order valence-electron chi connectivity index (χ0n) is 15.1. The monoisotopic (exact) mass is 438 g/mol. The van der Waals surface area contributed by atoms with Gasteiger partial charge in [0.25, 0.3) is 5.91 Å². The Balaban J connectivity index is 1.56. The summed E-state index contributed by atoms with van der Waals surface area (Å²) in [5, 5.41) is 3.86. The highest BCUT2D eigenvalue weighted by Crippen LogP contribution is 2.25. The molecule has 148 valence electrons. The van der Waals surface area contributed by atoms with Gasteiger partial charge in [0.05, 0.1) is 40.3 Å². The molecule has 1 saturated heterocycles. The highest BCUT2D eigenvalue weighted by Gasteiger charge is 2.21. The van der Waals surface area contributed by atoms with Crippen LogP contribution in [0.25, 0.3) is 0 Å². The number of morpholine rings is 1. The highest BCUT2D eigenvalue weighted by atomic mass is 35.5. The molecule has 1 aliphatic rings. The lowest BCUT2D eigenvalue weighted by molar-refractivity contribution is -0.113. The number of ether oxygens (including phenoxy) is 1. The topological polar surface area (TPSA) is 58.6 Å². The molecule has 2 amide bonds. The van der Waals surface area contributed by atoms with Crippen LogP contribution in [0.5, 0.6) is 0 Å². The van der Waals surface area contributed by atoms with Gasteiger partial charge in [0.15, 0.2) is 0 Å². The van der Waals surface area contributed by atoms with Crippen LogP contribution in [0.3, 0.4) is 0 Å². The zero-order valence-corrected chi connectivity index (χ0v) is 17.4. The van der Waals surface area contributed by atoms with Gasteiger partial charge in [-0.05, 0) is 29.8 Å². The molecule has 8 heteroatoms. The third-order valence-electron chi connectivity index (χ3n) is 4.22. The Morgan fingerprint density at radius 1 is 1.07 bits per heavy atom. The SMILES string of the molecule is O=C(CSCc1ccc(Cl)c(Cl)c1)Nc1ccccc1C(=O)N1CCOCC1. The third kappa shape index (κ3) is 5.64. The van der Waals surface area contributed by atoms with Crippen molar-refractivity contribution in [1.82, 2.24) is 4.90 Å². The Morgan fingerprint density at radius 3 is 2.57 bits per heavy atom. The Bertz CT molecular complexity index is 857. The molecule has 0 bridgehead atoms. The summed E-state index contributed by atoms with van der Waals surface area (Å²) in [6.07, 6.45) is 0. The van der Waals surface area contributed by atoms with Crippen molar-refractivity contribution < 1.29 is 14.3 Å². The van der Waals surface area contributed by atoms with Crippen molar-refractivity contribution in [2.45, 2.75) is 5.75 Å². The van der Waals surface area contributed by atoms with Crippen molar-refractivity contribution in [2.24, 2.45) is 0 Å². The number of halogens is 2. The second-order valence-electron chi connectivity index (χ2n) is 6.24. The van der Waals surface area contributed by atoms with E-state index in [-0.39, 0.29) is 17.6 Å². The number of anilines is 1. The van der Waals surface area contributed by atoms with Crippen molar-refractivity contribution >= 4 is 52.5 Å². The average Bonchev–Trinajstić information content (AvgIpc) is 2.71. The minimum atomic E-state index is -0.160. The van der Waals surface area contributed by atoms with Crippen LogP contribution in [0.4, 0.5) is 5.69 Å². The number of nitrogens with one attached hydrogen (secondary N) is 1. The molecule has 0 aliphatic carbocycles. The molecule has 0 atom stereocenters. The van der Waals surface area contributed by atoms with Gasteiger partial charge in [0, 0.05) is 18.8 Å². The Labute approximate surface area is 178 Å². The van der Waals surface area contributed by atoms with Gasteiger partial charge < -0.3 is 15.0 Å². The molecule has 0 spiro atoms. The number of carbonyl (C=O) groups excluding carboxylic acids is 2. The van der Waals surface area contributed by atoms with Crippen LogP contribution >= 0.6 is 35.0 Å². The zero-order chi connectivity index (χ0) is 19.9. The van der Waals surface area contributed by atoms with Crippen LogP contribution in [0.1, 0.15) is 15.9 Å². The molecule has 28 heavy (non-hydrogen) atoms. The molecule has 1 aliphatic heterocycles. The van der Waals surface area contributed by atoms with Crippen LogP contribution < -0.4 is 5.32 Å². The number of amides is 2. The fraction of sp³-hybridized carbons (Fsp3) is 0.300. The molecule has 0 unspecified atom stereocenters. The first-order valence-corrected chi connectivity index (χ1v) is 10.7. The van der Waals surface area contributed by atoms with Crippen molar-refractivity contribution in [2.75, 3.05) is 37.4 Å². The second kappa shape index (κ2) is 10.2. The predicted molar refractivity (Wildman–Crippen MR) is 114 cm³/mol. The minimum absolute atomic E-state index is 0.0948. The van der Waals surface area contributed by atoms with Gasteiger partial charge in [-0.2, -0.15) is 0 Å². The summed E-state index contributed by atoms with van der Waals surface area (Å²) in [5.41, 5.74) is 2.02. The predicted octanol–water partition coefficient (Wildman–Crippen LogP) is 4.34. The summed E-state index contributed by atoms with van der Waals surface area (Å²) in [7, 11) is 0. The molecule has 5 nitrogen and oxygen atoms in total. The number of carbonyl (C=O) groups is 2. The third-order valence-corrected chi connectivity index (χ3v) is 5.96. The van der Waals surface area contributed by atoms with Crippen LogP contribution in [-0.2, 0) is 15.3 Å². The van der Waals surface area contributed by atoms with E-state index < -0.39 is 0 Å². The molecular formula is C20H20Cl2N2O3S. The summed E-state index contributed by atoms with van der Waals surface area (Å²) in [6, 6.07) is 12.5. The van der Waals surface area contributed by atoms with Gasteiger partial charge in [-0.15, -0.1) is 11.8 Å². The molecular weight excluding hydrogens is 419 g/mol. The van der Waals surface area contributed by atoms with Gasteiger partial charge in [-0.25, -0.2) is 0 Å². The first kappa shape index (κ1) is 21.0. The molecule has 1 N–H and O–H groups in total. The van der Waals surface area contributed by atoms with Gasteiger partial charge >= 0.3 is 0 Å². The summed E-state index contributed by atoms with van der Waals surface area (Å²) < 4.78 is 5.29. The minimum Gasteiger partial charge on any atom is -0.378 e. The van der Waals surface area contributed by atoms with Crippen LogP contribution in [0.2, 0.25) is 10.0 Å². The molecule has 0 aromatic heterocycles. The summed E-state index contributed by atoms with van der Waals surface area (Å²) in [5.74, 6) is 0.647. The maximum Gasteiger partial charge on any atom is 0.256 e. The number of hydrogen-bond donors (Lipinski definition) is 1. The number of thioether (sulfide) groups is 1. The Hall–Kier alpha value is -1.73. The number of para-hydroxylation sites is 1. The normalized spacial score (nSPS) is 14.0. The first-order chi connectivity index (χ1) is 13.5. The van der Waals surface area contributed by atoms with E-state index in [4.69, 9.17) is 27.9 Å². The lowest BCUT2D eigenvalue weighted by atomic mass is 10.1. The van der Waals surface area contributed by atoms with Gasteiger partial charge in [-0.1, -0.05) is 41.4 Å². The molecule has 1 heterocycles. The molecule has 2 aromatic rings. The fourth-order valence-corrected chi connectivity index (χ4v) is 3.89. The van der Waals surface area contributed by atoms with Crippen molar-refractivity contribution in [3.05, 3.63) is 63.6 Å². The maximum atomic E-state index is 12.8. The van der Waals surface area contributed by atoms with E-state index in [1.165, 1.54) is 11.8 Å². The summed E-state index contributed by atoms with van der Waals surface area (Å²) >= 11 is 13.4. The van der Waals surface area contributed by atoms with Crippen LogP contribution in [0.15, 0.2) is 42.5 Å². The lowest BCUT2D eigenvalue weighted by Gasteiger charge is -2.27. The van der Waals surface area contributed by atoms with E-state index >= 15 is 0 Å². The van der Waals surface area contributed by atoms with Crippen LogP contribution in [0, 0.1) is 0 Å². The highest BCUT2D eigenvalue weighted by molar-refractivity contribution is 7.99. The van der Waals surface area contributed by atoms with Gasteiger partial charge in [0.2, 0.25) is 5.91 Å². The van der Waals surface area contributed by atoms with Crippen molar-refractivity contribution in [1.29, 1.82) is 0 Å². The molecule has 3 rings (SSSR count). The quantitative estimate of drug-likeness (QED) is 0.728. The first-order valence-electron chi connectivity index (χ1n) is 8.82. The van der Waals surface area contributed by atoms with Crippen molar-refractivity contribution in [3.63, 3.8) is 0 Å². The largest absolute Gasteiger partial charge is 0.378 e. The van der Waals surface area contributed by atoms with E-state index in [0.717, 1.165) is 5.56 Å². The number of benzene rings is 2. The lowest BCUT2D eigenvalue weighted by Crippen LogP contribution is -2.41. The van der Waals surface area contributed by atoms with Crippen LogP contribution in [-0.4, -0.2) is 48.8 Å². The van der Waals surface area contributed by atoms with E-state index in [1.807, 2.05) is 6.07 Å². The smallest absolute Gasteiger partial charge is 0.256 e. The van der Waals surface area contributed by atoms with Gasteiger partial charge in [-0.3, -0.25) is 9.59 Å². The standard InChI is InChI=1S/C20H20Cl2N2O3S/c21-16-6-5-14(11-17(16)22)12-28-13-19(25)23-18-4-2-1-3-15(18)20(26)24-7-9-27-10-8-24/h1-6,11H,7-10,12-13H2,(H,23,25). The van der Waals surface area contributed by atoms with E-state index in [9.17, 15) is 9.59 Å². The second-order valence-corrected chi connectivity index (χ2v) is 8.04. The van der Waals surface area contributed by atoms with E-state index in [1.54, 1.807) is 41.3 Å². The maximum absolute atomic E-state index is 12.8. The molecule has 2 aromatic carbocycles. The van der Waals surface area contributed by atoms with Crippen molar-refractivity contribution in [3.8, 4) is 0 Å². The Morgan fingerprint density at radius 2 is 1.82 bits per heavy atom. The number of rotatable bonds is 6. The average molecular weight is 439 g/mol. The Kier molecular flexibility index (Phi) is 7.62. The molecule has 0 radical (unpaired) electrons. The molecule has 1 fully saturated rings. The summed E-state index contributed by atoms with van der Waals surface area (Å²) in [6.45, 7) is 2.18. The summed E-state index contributed by atoms with van der Waals surface area (Å²) in [4.78, 5) is 26.8. The number of nitrogens with zero attached hydrogens (tertiary/aromatic N) is 1. The van der Waals surface area contributed by atoms with Gasteiger partial charge in [0.1, 0.15) is 0 Å². The molecule has 0 saturated carbocycles.